The van der Waals surface area contributed by atoms with Crippen LogP contribution in [-0.2, 0) is 14.2 Å². The van der Waals surface area contributed by atoms with Gasteiger partial charge in [-0.05, 0) is 95.1 Å². The van der Waals surface area contributed by atoms with Gasteiger partial charge in [0, 0.05) is 15.6 Å². The fraction of sp³-hybridized carbons (Fsp3) is 0.167. The molecule has 5 aromatic rings. The number of hydrogen-bond donors (Lipinski definition) is 0. The molecule has 49 heavy (non-hydrogen) atoms. The molecule has 0 aliphatic rings. The maximum absolute atomic E-state index is 11.7. The topological polar surface area (TPSA) is 63.2 Å². The molecule has 0 heterocycles. The molecular formula is C42H35BrO6. The van der Waals surface area contributed by atoms with E-state index in [4.69, 9.17) is 23.7 Å². The van der Waals surface area contributed by atoms with Crippen LogP contribution in [0.4, 0.5) is 0 Å². The summed E-state index contributed by atoms with van der Waals surface area (Å²) in [6, 6.07) is 38.7. The largest absolute Gasteiger partial charge is 0.497 e. The normalized spacial score (nSPS) is 11.6. The van der Waals surface area contributed by atoms with E-state index in [-0.39, 0.29) is 31.4 Å². The molecule has 0 spiro atoms. The van der Waals surface area contributed by atoms with E-state index in [1.165, 1.54) is 7.11 Å². The van der Waals surface area contributed by atoms with Crippen LogP contribution < -0.4 is 9.47 Å². The minimum Gasteiger partial charge on any atom is -0.497 e. The van der Waals surface area contributed by atoms with Gasteiger partial charge < -0.3 is 23.7 Å². The number of esters is 1. The number of carbonyl (C=O) groups is 1. The van der Waals surface area contributed by atoms with Crippen molar-refractivity contribution in [3.63, 3.8) is 0 Å². The van der Waals surface area contributed by atoms with Crippen molar-refractivity contribution in [1.82, 2.24) is 0 Å². The van der Waals surface area contributed by atoms with E-state index in [0.717, 1.165) is 49.4 Å². The molecular weight excluding hydrogens is 680 g/mol. The lowest BCUT2D eigenvalue weighted by molar-refractivity contribution is 0.0600. The molecule has 0 radical (unpaired) electrons. The van der Waals surface area contributed by atoms with Gasteiger partial charge in [0.05, 0.1) is 26.9 Å². The summed E-state index contributed by atoms with van der Waals surface area (Å²) >= 11 is 3.51. The zero-order valence-corrected chi connectivity index (χ0v) is 29.0. The minimum absolute atomic E-state index is 0.197. The summed E-state index contributed by atoms with van der Waals surface area (Å²) in [7, 11) is 4.65. The molecule has 2 atom stereocenters. The molecule has 0 N–H and O–H groups in total. The molecule has 0 aliphatic heterocycles. The molecule has 2 unspecified atom stereocenters. The number of carbonyl (C=O) groups excluding carboxylic acids is 1. The SMILES string of the molecule is COC(=O)c1ccc(C#CCOC(c2ccc(C#CCOC(c3ccc(Br)cc3)c3ccc(OC)cc3)cc2)c2ccc(OC)cc2)cc1. The summed E-state index contributed by atoms with van der Waals surface area (Å²) in [5, 5.41) is 0. The highest BCUT2D eigenvalue weighted by Gasteiger charge is 2.16. The lowest BCUT2D eigenvalue weighted by atomic mass is 10.00. The lowest BCUT2D eigenvalue weighted by Gasteiger charge is -2.18. The van der Waals surface area contributed by atoms with Crippen LogP contribution in [0.2, 0.25) is 0 Å². The second-order valence-corrected chi connectivity index (χ2v) is 11.7. The highest BCUT2D eigenvalue weighted by molar-refractivity contribution is 9.10. The third-order valence-corrected chi connectivity index (χ3v) is 8.17. The van der Waals surface area contributed by atoms with Crippen molar-refractivity contribution in [2.75, 3.05) is 34.5 Å². The molecule has 5 rings (SSSR count). The van der Waals surface area contributed by atoms with E-state index in [1.807, 2.05) is 97.1 Å². The van der Waals surface area contributed by atoms with E-state index in [2.05, 4.69) is 39.6 Å². The summed E-state index contributed by atoms with van der Waals surface area (Å²) in [5.74, 6) is 13.7. The zero-order valence-electron chi connectivity index (χ0n) is 27.4. The zero-order chi connectivity index (χ0) is 34.4. The average Bonchev–Trinajstić information content (AvgIpc) is 3.16. The first-order valence-corrected chi connectivity index (χ1v) is 16.3. The van der Waals surface area contributed by atoms with Crippen molar-refractivity contribution in [2.24, 2.45) is 0 Å². The van der Waals surface area contributed by atoms with Crippen molar-refractivity contribution in [3.05, 3.63) is 165 Å². The van der Waals surface area contributed by atoms with Crippen LogP contribution in [0.1, 0.15) is 55.9 Å². The predicted molar refractivity (Wildman–Crippen MR) is 194 cm³/mol. The fourth-order valence-electron chi connectivity index (χ4n) is 5.04. The summed E-state index contributed by atoms with van der Waals surface area (Å²) in [6.07, 6.45) is -0.635. The average molecular weight is 716 g/mol. The molecule has 0 fully saturated rings. The molecule has 0 aromatic heterocycles. The predicted octanol–water partition coefficient (Wildman–Crippen LogP) is 8.57. The highest BCUT2D eigenvalue weighted by atomic mass is 79.9. The van der Waals surface area contributed by atoms with Crippen LogP contribution in [0.15, 0.2) is 126 Å². The molecule has 0 aliphatic carbocycles. The molecule has 5 aromatic carbocycles. The summed E-state index contributed by atoms with van der Waals surface area (Å²) in [5.41, 5.74) is 6.09. The van der Waals surface area contributed by atoms with Crippen LogP contribution in [0.25, 0.3) is 0 Å². The number of halogens is 1. The van der Waals surface area contributed by atoms with Gasteiger partial charge >= 0.3 is 5.97 Å². The van der Waals surface area contributed by atoms with Gasteiger partial charge in [-0.2, -0.15) is 0 Å². The summed E-state index contributed by atoms with van der Waals surface area (Å²) in [4.78, 5) is 11.7. The van der Waals surface area contributed by atoms with Crippen LogP contribution >= 0.6 is 15.9 Å². The Bertz CT molecular complexity index is 1930. The molecule has 7 heteroatoms. The first kappa shape index (κ1) is 35.0. The van der Waals surface area contributed by atoms with Crippen molar-refractivity contribution < 1.29 is 28.5 Å². The van der Waals surface area contributed by atoms with Crippen molar-refractivity contribution in [1.29, 1.82) is 0 Å². The Labute approximate surface area is 296 Å². The minimum atomic E-state index is -0.384. The molecule has 246 valence electrons. The fourth-order valence-corrected chi connectivity index (χ4v) is 5.30. The third kappa shape index (κ3) is 9.85. The van der Waals surface area contributed by atoms with Gasteiger partial charge in [0.15, 0.2) is 0 Å². The van der Waals surface area contributed by atoms with Gasteiger partial charge in [-0.25, -0.2) is 4.79 Å². The molecule has 6 nitrogen and oxygen atoms in total. The second-order valence-electron chi connectivity index (χ2n) is 10.8. The van der Waals surface area contributed by atoms with Gasteiger partial charge in [0.1, 0.15) is 36.9 Å². The van der Waals surface area contributed by atoms with Gasteiger partial charge in [-0.15, -0.1) is 0 Å². The second kappa shape index (κ2) is 17.7. The Morgan fingerprint density at radius 1 is 0.551 bits per heavy atom. The van der Waals surface area contributed by atoms with Crippen LogP contribution in [0.5, 0.6) is 11.5 Å². The molecule has 0 bridgehead atoms. The quantitative estimate of drug-likeness (QED) is 0.101. The van der Waals surface area contributed by atoms with Crippen molar-refractivity contribution >= 4 is 21.9 Å². The van der Waals surface area contributed by atoms with E-state index < -0.39 is 0 Å². The summed E-state index contributed by atoms with van der Waals surface area (Å²) < 4.78 is 29.0. The number of rotatable bonds is 11. The van der Waals surface area contributed by atoms with Gasteiger partial charge in [-0.1, -0.05) is 88.1 Å². The van der Waals surface area contributed by atoms with Crippen molar-refractivity contribution in [2.45, 2.75) is 12.2 Å². The number of hydrogen-bond acceptors (Lipinski definition) is 6. The van der Waals surface area contributed by atoms with Crippen LogP contribution in [0.3, 0.4) is 0 Å². The molecule has 0 saturated carbocycles. The van der Waals surface area contributed by atoms with Gasteiger partial charge in [-0.3, -0.25) is 0 Å². The van der Waals surface area contributed by atoms with Crippen molar-refractivity contribution in [3.8, 4) is 35.2 Å². The Morgan fingerprint density at radius 3 is 1.31 bits per heavy atom. The smallest absolute Gasteiger partial charge is 0.337 e. The lowest BCUT2D eigenvalue weighted by Crippen LogP contribution is -2.07. The maximum Gasteiger partial charge on any atom is 0.337 e. The Balaban J connectivity index is 1.27. The monoisotopic (exact) mass is 714 g/mol. The third-order valence-electron chi connectivity index (χ3n) is 7.64. The Morgan fingerprint density at radius 2 is 0.918 bits per heavy atom. The van der Waals surface area contributed by atoms with E-state index >= 15 is 0 Å². The molecule has 0 saturated heterocycles. The van der Waals surface area contributed by atoms with Crippen LogP contribution in [-0.4, -0.2) is 40.5 Å². The van der Waals surface area contributed by atoms with Gasteiger partial charge in [0.25, 0.3) is 0 Å². The Hall–Kier alpha value is -5.31. The number of ether oxygens (including phenoxy) is 5. The van der Waals surface area contributed by atoms with E-state index in [0.29, 0.717) is 5.56 Å². The maximum atomic E-state index is 11.7. The summed E-state index contributed by atoms with van der Waals surface area (Å²) in [6.45, 7) is 0.443. The van der Waals surface area contributed by atoms with E-state index in [9.17, 15) is 4.79 Å². The Kier molecular flexibility index (Phi) is 12.7. The first-order valence-electron chi connectivity index (χ1n) is 15.5. The standard InChI is InChI=1S/C42H35BrO6/c1-45-38-24-18-34(19-25-38)40(48-28-5-7-31-10-14-36(15-11-31)42(44)47-3)32-12-8-30(9-13-32)6-4-29-49-41(33-16-22-37(43)23-17-33)35-20-26-39(46-2)27-21-35/h8-27,40-41H,28-29H2,1-3H3. The first-order chi connectivity index (χ1) is 24.0. The van der Waals surface area contributed by atoms with E-state index in [1.54, 1.807) is 38.5 Å². The highest BCUT2D eigenvalue weighted by Crippen LogP contribution is 2.30. The molecule has 0 amide bonds. The van der Waals surface area contributed by atoms with Crippen LogP contribution in [0, 0.1) is 23.7 Å². The number of methoxy groups -OCH3 is 3. The number of benzene rings is 5. The van der Waals surface area contributed by atoms with Gasteiger partial charge in [0.2, 0.25) is 0 Å².